The molecule has 0 aromatic heterocycles. The van der Waals surface area contributed by atoms with Gasteiger partial charge in [-0.1, -0.05) is 67.4 Å². The van der Waals surface area contributed by atoms with E-state index in [0.29, 0.717) is 0 Å². The number of aliphatic hydroxyl groups excluding tert-OH is 1. The van der Waals surface area contributed by atoms with Gasteiger partial charge in [-0.05, 0) is 36.6 Å². The molecular formula is C16H25BrO. The van der Waals surface area contributed by atoms with Crippen molar-refractivity contribution in [2.75, 3.05) is 0 Å². The summed E-state index contributed by atoms with van der Waals surface area (Å²) in [6, 6.07) is 6.17. The lowest BCUT2D eigenvalue weighted by Gasteiger charge is -2.12. The van der Waals surface area contributed by atoms with Gasteiger partial charge in [-0.15, -0.1) is 0 Å². The van der Waals surface area contributed by atoms with Crippen molar-refractivity contribution >= 4 is 15.9 Å². The number of halogens is 1. The van der Waals surface area contributed by atoms with Crippen LogP contribution in [-0.4, -0.2) is 5.11 Å². The van der Waals surface area contributed by atoms with Gasteiger partial charge in [0, 0.05) is 4.47 Å². The molecule has 102 valence electrons. The molecule has 0 spiro atoms. The fourth-order valence-corrected chi connectivity index (χ4v) is 2.87. The van der Waals surface area contributed by atoms with Gasteiger partial charge in [0.2, 0.25) is 0 Å². The predicted molar refractivity (Wildman–Crippen MR) is 81.8 cm³/mol. The van der Waals surface area contributed by atoms with Gasteiger partial charge < -0.3 is 5.11 Å². The maximum Gasteiger partial charge on any atom is 0.0790 e. The van der Waals surface area contributed by atoms with Crippen LogP contribution in [0.2, 0.25) is 0 Å². The molecule has 0 heterocycles. The minimum absolute atomic E-state index is 0.313. The van der Waals surface area contributed by atoms with E-state index in [4.69, 9.17) is 0 Å². The summed E-state index contributed by atoms with van der Waals surface area (Å²) < 4.78 is 1.06. The number of unbranched alkanes of at least 4 members (excludes halogenated alkanes) is 5. The summed E-state index contributed by atoms with van der Waals surface area (Å²) in [6.07, 6.45) is 8.20. The molecule has 0 fully saturated rings. The molecule has 18 heavy (non-hydrogen) atoms. The van der Waals surface area contributed by atoms with Gasteiger partial charge >= 0.3 is 0 Å². The quantitative estimate of drug-likeness (QED) is 0.625. The Kier molecular flexibility index (Phi) is 7.60. The maximum atomic E-state index is 10.2. The molecule has 0 bridgehead atoms. The number of benzene rings is 1. The fraction of sp³-hybridized carbons (Fsp3) is 0.625. The first-order chi connectivity index (χ1) is 8.63. The number of hydrogen-bond acceptors (Lipinski definition) is 1. The third-order valence-corrected chi connectivity index (χ3v) is 3.74. The lowest BCUT2D eigenvalue weighted by atomic mass is 10.0. The van der Waals surface area contributed by atoms with Crippen LogP contribution in [0, 0.1) is 6.92 Å². The van der Waals surface area contributed by atoms with E-state index in [9.17, 15) is 5.11 Å². The SMILES string of the molecule is CCCCCCCCC(O)c1cc(C)cc(Br)c1. The summed E-state index contributed by atoms with van der Waals surface area (Å²) in [5.41, 5.74) is 2.23. The van der Waals surface area contributed by atoms with E-state index in [0.717, 1.165) is 22.9 Å². The highest BCUT2D eigenvalue weighted by atomic mass is 79.9. The fourth-order valence-electron chi connectivity index (χ4n) is 2.24. The predicted octanol–water partition coefficient (Wildman–Crippen LogP) is 5.54. The second kappa shape index (κ2) is 8.71. The van der Waals surface area contributed by atoms with E-state index in [1.165, 1.54) is 37.7 Å². The topological polar surface area (TPSA) is 20.2 Å². The molecule has 0 aliphatic heterocycles. The van der Waals surface area contributed by atoms with Gasteiger partial charge in [0.1, 0.15) is 0 Å². The van der Waals surface area contributed by atoms with Gasteiger partial charge in [0.15, 0.2) is 0 Å². The normalized spacial score (nSPS) is 12.7. The first-order valence-corrected chi connectivity index (χ1v) is 7.88. The molecule has 1 aromatic rings. The zero-order valence-corrected chi connectivity index (χ0v) is 13.2. The van der Waals surface area contributed by atoms with Crippen LogP contribution in [0.25, 0.3) is 0 Å². The number of aryl methyl sites for hydroxylation is 1. The zero-order valence-electron chi connectivity index (χ0n) is 11.6. The van der Waals surface area contributed by atoms with E-state index < -0.39 is 0 Å². The molecule has 0 radical (unpaired) electrons. The second-order valence-corrected chi connectivity index (χ2v) is 6.05. The van der Waals surface area contributed by atoms with Crippen LogP contribution < -0.4 is 0 Å². The van der Waals surface area contributed by atoms with E-state index >= 15 is 0 Å². The van der Waals surface area contributed by atoms with Gasteiger partial charge in [-0.2, -0.15) is 0 Å². The molecule has 0 saturated carbocycles. The summed E-state index contributed by atoms with van der Waals surface area (Å²) in [5, 5.41) is 10.2. The van der Waals surface area contributed by atoms with E-state index in [1.54, 1.807) is 0 Å². The standard InChI is InChI=1S/C16H25BrO/c1-3-4-5-6-7-8-9-16(18)14-10-13(2)11-15(17)12-14/h10-12,16,18H,3-9H2,1-2H3. The average molecular weight is 313 g/mol. The molecule has 1 nitrogen and oxygen atoms in total. The number of rotatable bonds is 8. The van der Waals surface area contributed by atoms with Crippen molar-refractivity contribution in [1.82, 2.24) is 0 Å². The Morgan fingerprint density at radius 1 is 1.06 bits per heavy atom. The molecule has 2 heteroatoms. The van der Waals surface area contributed by atoms with Crippen molar-refractivity contribution in [2.45, 2.75) is 64.9 Å². The summed E-state index contributed by atoms with van der Waals surface area (Å²) in [4.78, 5) is 0. The smallest absolute Gasteiger partial charge is 0.0790 e. The number of hydrogen-bond donors (Lipinski definition) is 1. The van der Waals surface area contributed by atoms with Crippen molar-refractivity contribution in [3.63, 3.8) is 0 Å². The van der Waals surface area contributed by atoms with Crippen molar-refractivity contribution in [3.8, 4) is 0 Å². The lowest BCUT2D eigenvalue weighted by Crippen LogP contribution is -1.98. The van der Waals surface area contributed by atoms with E-state index in [-0.39, 0.29) is 6.10 Å². The average Bonchev–Trinajstić information content (AvgIpc) is 2.32. The summed E-state index contributed by atoms with van der Waals surface area (Å²) in [5.74, 6) is 0. The molecule has 0 aliphatic rings. The molecule has 1 atom stereocenters. The molecule has 0 aliphatic carbocycles. The second-order valence-electron chi connectivity index (χ2n) is 5.13. The third kappa shape index (κ3) is 6.01. The van der Waals surface area contributed by atoms with Gasteiger partial charge in [-0.3, -0.25) is 0 Å². The largest absolute Gasteiger partial charge is 0.388 e. The highest BCUT2D eigenvalue weighted by Gasteiger charge is 2.08. The van der Waals surface area contributed by atoms with Crippen LogP contribution in [0.5, 0.6) is 0 Å². The molecular weight excluding hydrogens is 288 g/mol. The Bertz CT molecular complexity index is 329. The highest BCUT2D eigenvalue weighted by molar-refractivity contribution is 9.10. The molecule has 1 unspecified atom stereocenters. The minimum Gasteiger partial charge on any atom is -0.388 e. The van der Waals surface area contributed by atoms with E-state index in [2.05, 4.69) is 41.9 Å². The first-order valence-electron chi connectivity index (χ1n) is 7.08. The molecule has 1 N–H and O–H groups in total. The van der Waals surface area contributed by atoms with Gasteiger partial charge in [0.25, 0.3) is 0 Å². The van der Waals surface area contributed by atoms with Crippen LogP contribution >= 0.6 is 15.9 Å². The molecule has 1 rings (SSSR count). The Morgan fingerprint density at radius 2 is 1.72 bits per heavy atom. The lowest BCUT2D eigenvalue weighted by molar-refractivity contribution is 0.163. The monoisotopic (exact) mass is 312 g/mol. The van der Waals surface area contributed by atoms with Crippen molar-refractivity contribution in [2.24, 2.45) is 0 Å². The van der Waals surface area contributed by atoms with Crippen LogP contribution in [0.1, 0.15) is 69.1 Å². The number of aliphatic hydroxyl groups is 1. The Balaban J connectivity index is 2.29. The first kappa shape index (κ1) is 15.7. The molecule has 0 amide bonds. The van der Waals surface area contributed by atoms with Crippen molar-refractivity contribution in [3.05, 3.63) is 33.8 Å². The van der Waals surface area contributed by atoms with Crippen LogP contribution in [0.3, 0.4) is 0 Å². The van der Waals surface area contributed by atoms with Gasteiger partial charge in [-0.25, -0.2) is 0 Å². The summed E-state index contributed by atoms with van der Waals surface area (Å²) in [7, 11) is 0. The van der Waals surface area contributed by atoms with Crippen LogP contribution in [-0.2, 0) is 0 Å². The zero-order chi connectivity index (χ0) is 13.4. The summed E-state index contributed by atoms with van der Waals surface area (Å²) >= 11 is 3.48. The minimum atomic E-state index is -0.313. The van der Waals surface area contributed by atoms with E-state index in [1.807, 2.05) is 6.07 Å². The maximum absolute atomic E-state index is 10.2. The third-order valence-electron chi connectivity index (χ3n) is 3.28. The van der Waals surface area contributed by atoms with Crippen molar-refractivity contribution in [1.29, 1.82) is 0 Å². The van der Waals surface area contributed by atoms with Gasteiger partial charge in [0.05, 0.1) is 6.10 Å². The highest BCUT2D eigenvalue weighted by Crippen LogP contribution is 2.24. The Hall–Kier alpha value is -0.340. The summed E-state index contributed by atoms with van der Waals surface area (Å²) in [6.45, 7) is 4.30. The van der Waals surface area contributed by atoms with Crippen LogP contribution in [0.15, 0.2) is 22.7 Å². The molecule has 1 aromatic carbocycles. The van der Waals surface area contributed by atoms with Crippen molar-refractivity contribution < 1.29 is 5.11 Å². The Labute approximate surface area is 120 Å². The Morgan fingerprint density at radius 3 is 2.39 bits per heavy atom. The molecule has 0 saturated heterocycles. The van der Waals surface area contributed by atoms with Crippen LogP contribution in [0.4, 0.5) is 0 Å².